The normalized spacial score (nSPS) is 24.1. The average molecular weight is 448 g/mol. The number of urea groups is 1. The third kappa shape index (κ3) is 4.57. The number of benzene rings is 2. The lowest BCUT2D eigenvalue weighted by Gasteiger charge is -2.37. The lowest BCUT2D eigenvalue weighted by atomic mass is 10.0. The SMILES string of the molecule is O=C(Nc1ccccc1)N[C@@H]1C[C@H]2C(=O)NC[C@@H](CCC(=O)N3CCc4ccccc43)N2C1. The van der Waals surface area contributed by atoms with Crippen molar-refractivity contribution in [3.63, 3.8) is 0 Å². The number of hydrogen-bond donors (Lipinski definition) is 3. The zero-order valence-corrected chi connectivity index (χ0v) is 18.5. The van der Waals surface area contributed by atoms with Crippen LogP contribution in [0.4, 0.5) is 16.2 Å². The molecule has 33 heavy (non-hydrogen) atoms. The van der Waals surface area contributed by atoms with E-state index in [9.17, 15) is 14.4 Å². The van der Waals surface area contributed by atoms with Gasteiger partial charge in [0.2, 0.25) is 11.8 Å². The second-order valence-corrected chi connectivity index (χ2v) is 8.97. The van der Waals surface area contributed by atoms with Gasteiger partial charge < -0.3 is 20.9 Å². The van der Waals surface area contributed by atoms with Crippen molar-refractivity contribution >= 4 is 29.2 Å². The molecule has 5 rings (SSSR count). The maximum Gasteiger partial charge on any atom is 0.319 e. The number of rotatable bonds is 5. The highest BCUT2D eigenvalue weighted by atomic mass is 16.2. The van der Waals surface area contributed by atoms with Crippen LogP contribution in [0, 0.1) is 0 Å². The van der Waals surface area contributed by atoms with Crippen LogP contribution in [0.2, 0.25) is 0 Å². The lowest BCUT2D eigenvalue weighted by Crippen LogP contribution is -2.58. The summed E-state index contributed by atoms with van der Waals surface area (Å²) in [5.41, 5.74) is 2.97. The van der Waals surface area contributed by atoms with Crippen LogP contribution < -0.4 is 20.9 Å². The van der Waals surface area contributed by atoms with Crippen molar-refractivity contribution in [3.05, 3.63) is 60.2 Å². The second-order valence-electron chi connectivity index (χ2n) is 8.97. The van der Waals surface area contributed by atoms with Crippen molar-refractivity contribution in [2.24, 2.45) is 0 Å². The molecule has 3 atom stereocenters. The molecule has 2 aromatic rings. The van der Waals surface area contributed by atoms with Gasteiger partial charge in [-0.1, -0.05) is 36.4 Å². The summed E-state index contributed by atoms with van der Waals surface area (Å²) in [5.74, 6) is 0.128. The maximum atomic E-state index is 12.9. The van der Waals surface area contributed by atoms with Crippen molar-refractivity contribution < 1.29 is 14.4 Å². The summed E-state index contributed by atoms with van der Waals surface area (Å²) in [7, 11) is 0. The van der Waals surface area contributed by atoms with Crippen LogP contribution in [0.1, 0.15) is 24.8 Å². The Morgan fingerprint density at radius 1 is 1.06 bits per heavy atom. The van der Waals surface area contributed by atoms with E-state index in [1.165, 1.54) is 5.56 Å². The van der Waals surface area contributed by atoms with E-state index in [4.69, 9.17) is 0 Å². The Labute approximate surface area is 193 Å². The molecule has 0 bridgehead atoms. The van der Waals surface area contributed by atoms with Gasteiger partial charge in [0.25, 0.3) is 0 Å². The number of carbonyl (C=O) groups is 3. The highest BCUT2D eigenvalue weighted by Crippen LogP contribution is 2.30. The first-order chi connectivity index (χ1) is 16.1. The summed E-state index contributed by atoms with van der Waals surface area (Å²) in [4.78, 5) is 41.9. The van der Waals surface area contributed by atoms with Gasteiger partial charge in [-0.15, -0.1) is 0 Å². The van der Waals surface area contributed by atoms with Crippen LogP contribution in [-0.2, 0) is 16.0 Å². The molecule has 172 valence electrons. The number of fused-ring (bicyclic) bond motifs is 2. The minimum absolute atomic E-state index is 0.00110. The fourth-order valence-corrected chi connectivity index (χ4v) is 5.24. The molecule has 0 aromatic heterocycles. The van der Waals surface area contributed by atoms with Crippen molar-refractivity contribution in [3.8, 4) is 0 Å². The molecule has 0 unspecified atom stereocenters. The van der Waals surface area contributed by atoms with E-state index >= 15 is 0 Å². The first-order valence-electron chi connectivity index (χ1n) is 11.6. The smallest absolute Gasteiger partial charge is 0.319 e. The molecule has 0 radical (unpaired) electrons. The molecule has 2 fully saturated rings. The van der Waals surface area contributed by atoms with Gasteiger partial charge >= 0.3 is 6.03 Å². The monoisotopic (exact) mass is 447 g/mol. The van der Waals surface area contributed by atoms with E-state index in [0.29, 0.717) is 32.4 Å². The average Bonchev–Trinajstić information content (AvgIpc) is 3.44. The van der Waals surface area contributed by atoms with Crippen LogP contribution in [0.15, 0.2) is 54.6 Å². The van der Waals surface area contributed by atoms with Crippen molar-refractivity contribution in [1.29, 1.82) is 0 Å². The Morgan fingerprint density at radius 2 is 1.85 bits per heavy atom. The number of anilines is 2. The van der Waals surface area contributed by atoms with Gasteiger partial charge in [0.1, 0.15) is 0 Å². The van der Waals surface area contributed by atoms with Gasteiger partial charge in [0, 0.05) is 49.5 Å². The van der Waals surface area contributed by atoms with Crippen LogP contribution in [0.5, 0.6) is 0 Å². The largest absolute Gasteiger partial charge is 0.353 e. The topological polar surface area (TPSA) is 93.8 Å². The molecule has 3 heterocycles. The molecule has 4 amide bonds. The molecular formula is C25H29N5O3. The Kier molecular flexibility index (Phi) is 6.00. The van der Waals surface area contributed by atoms with E-state index in [0.717, 1.165) is 24.3 Å². The lowest BCUT2D eigenvalue weighted by molar-refractivity contribution is -0.129. The van der Waals surface area contributed by atoms with Crippen LogP contribution >= 0.6 is 0 Å². The molecule has 8 nitrogen and oxygen atoms in total. The minimum Gasteiger partial charge on any atom is -0.353 e. The number of carbonyl (C=O) groups excluding carboxylic acids is 3. The zero-order valence-electron chi connectivity index (χ0n) is 18.5. The van der Waals surface area contributed by atoms with Crippen LogP contribution in [0.3, 0.4) is 0 Å². The van der Waals surface area contributed by atoms with Crippen molar-refractivity contribution in [1.82, 2.24) is 15.5 Å². The molecule has 0 saturated carbocycles. The minimum atomic E-state index is -0.272. The predicted molar refractivity (Wildman–Crippen MR) is 126 cm³/mol. The summed E-state index contributed by atoms with van der Waals surface area (Å²) >= 11 is 0. The molecule has 0 spiro atoms. The Morgan fingerprint density at radius 3 is 2.70 bits per heavy atom. The number of para-hydroxylation sites is 2. The van der Waals surface area contributed by atoms with Gasteiger partial charge in [-0.2, -0.15) is 0 Å². The molecule has 3 aliphatic rings. The van der Waals surface area contributed by atoms with E-state index < -0.39 is 0 Å². The van der Waals surface area contributed by atoms with Crippen molar-refractivity contribution in [2.75, 3.05) is 29.9 Å². The number of piperazine rings is 1. The zero-order chi connectivity index (χ0) is 22.8. The maximum absolute atomic E-state index is 12.9. The quantitative estimate of drug-likeness (QED) is 0.655. The summed E-state index contributed by atoms with van der Waals surface area (Å²) < 4.78 is 0. The van der Waals surface area contributed by atoms with Crippen molar-refractivity contribution in [2.45, 2.75) is 43.8 Å². The fraction of sp³-hybridized carbons (Fsp3) is 0.400. The molecule has 2 aromatic carbocycles. The molecule has 8 heteroatoms. The van der Waals surface area contributed by atoms with Gasteiger partial charge in [-0.25, -0.2) is 4.79 Å². The van der Waals surface area contributed by atoms with E-state index in [-0.39, 0.29) is 36.0 Å². The van der Waals surface area contributed by atoms with E-state index in [2.05, 4.69) is 26.9 Å². The number of hydrogen-bond acceptors (Lipinski definition) is 4. The first kappa shape index (κ1) is 21.5. The standard InChI is InChI=1S/C25H29N5O3/c31-23(29-13-12-17-6-4-5-9-21(17)29)11-10-20-15-26-24(32)22-14-19(16-30(20)22)28-25(33)27-18-7-2-1-3-8-18/h1-9,19-20,22H,10-16H2,(H,26,32)(H2,27,28,33)/t19-,20-,22+/m1/s1. The molecular weight excluding hydrogens is 418 g/mol. The van der Waals surface area contributed by atoms with E-state index in [1.807, 2.05) is 53.4 Å². The Balaban J connectivity index is 1.17. The summed E-state index contributed by atoms with van der Waals surface area (Å²) in [6, 6.07) is 16.8. The second kappa shape index (κ2) is 9.23. The highest BCUT2D eigenvalue weighted by Gasteiger charge is 2.44. The number of amides is 4. The Bertz CT molecular complexity index is 1040. The third-order valence-corrected chi connectivity index (χ3v) is 6.87. The Hall–Kier alpha value is -3.39. The van der Waals surface area contributed by atoms with Gasteiger partial charge in [-0.05, 0) is 43.0 Å². The highest BCUT2D eigenvalue weighted by molar-refractivity contribution is 5.95. The molecule has 2 saturated heterocycles. The van der Waals surface area contributed by atoms with Gasteiger partial charge in [-0.3, -0.25) is 14.5 Å². The van der Waals surface area contributed by atoms with Gasteiger partial charge in [0.05, 0.1) is 6.04 Å². The first-order valence-corrected chi connectivity index (χ1v) is 11.6. The molecule has 0 aliphatic carbocycles. The summed E-state index contributed by atoms with van der Waals surface area (Å²) in [6.45, 7) is 1.86. The molecule has 3 aliphatic heterocycles. The predicted octanol–water partition coefficient (Wildman–Crippen LogP) is 2.12. The van der Waals surface area contributed by atoms with E-state index in [1.54, 1.807) is 0 Å². The number of nitrogens with one attached hydrogen (secondary N) is 3. The van der Waals surface area contributed by atoms with Gasteiger partial charge in [0.15, 0.2) is 0 Å². The summed E-state index contributed by atoms with van der Waals surface area (Å²) in [5, 5.41) is 8.82. The van der Waals surface area contributed by atoms with Crippen LogP contribution in [-0.4, -0.2) is 60.5 Å². The summed E-state index contributed by atoms with van der Waals surface area (Å²) in [6.07, 6.45) is 2.58. The third-order valence-electron chi connectivity index (χ3n) is 6.87. The fourth-order valence-electron chi connectivity index (χ4n) is 5.24. The molecule has 3 N–H and O–H groups in total. The number of nitrogens with zero attached hydrogens (tertiary/aromatic N) is 2. The van der Waals surface area contributed by atoms with Crippen LogP contribution in [0.25, 0.3) is 0 Å².